The van der Waals surface area contributed by atoms with Crippen molar-refractivity contribution < 1.29 is 0 Å². The maximum Gasteiger partial charge on any atom is 0.136 e. The summed E-state index contributed by atoms with van der Waals surface area (Å²) in [6.07, 6.45) is 2.90. The average molecular weight is 214 g/mol. The Bertz CT molecular complexity index is 517. The van der Waals surface area contributed by atoms with Crippen LogP contribution in [0.5, 0.6) is 0 Å². The van der Waals surface area contributed by atoms with Crippen molar-refractivity contribution in [2.75, 3.05) is 5.73 Å². The van der Waals surface area contributed by atoms with Crippen LogP contribution in [0.15, 0.2) is 30.6 Å². The molecule has 0 unspecified atom stereocenters. The van der Waals surface area contributed by atoms with E-state index in [0.29, 0.717) is 11.8 Å². The second-order valence-corrected chi connectivity index (χ2v) is 4.42. The van der Waals surface area contributed by atoms with Crippen molar-refractivity contribution in [2.24, 2.45) is 7.05 Å². The lowest BCUT2D eigenvalue weighted by molar-refractivity contribution is 0.785. The minimum absolute atomic E-state index is 0.509. The summed E-state index contributed by atoms with van der Waals surface area (Å²) in [6, 6.07) is 8.12. The first-order valence-corrected chi connectivity index (χ1v) is 5.45. The zero-order valence-corrected chi connectivity index (χ0v) is 9.17. The third-order valence-electron chi connectivity index (χ3n) is 3.21. The maximum atomic E-state index is 5.79. The van der Waals surface area contributed by atoms with E-state index in [4.69, 9.17) is 5.73 Å². The maximum absolute atomic E-state index is 5.79. The number of anilines is 1. The van der Waals surface area contributed by atoms with Crippen LogP contribution < -0.4 is 5.73 Å². The van der Waals surface area contributed by atoms with E-state index in [0.717, 1.165) is 17.9 Å². The molecule has 4 nitrogen and oxygen atoms in total. The molecule has 1 aromatic carbocycles. The van der Waals surface area contributed by atoms with Crippen molar-refractivity contribution in [3.05, 3.63) is 42.0 Å². The highest BCUT2D eigenvalue weighted by molar-refractivity contribution is 5.44. The zero-order chi connectivity index (χ0) is 11.1. The molecule has 0 radical (unpaired) electrons. The molecule has 0 amide bonds. The first-order valence-electron chi connectivity index (χ1n) is 5.45. The van der Waals surface area contributed by atoms with E-state index >= 15 is 0 Å². The number of nitrogen functional groups attached to an aromatic ring is 1. The van der Waals surface area contributed by atoms with Gasteiger partial charge in [-0.3, -0.25) is 0 Å². The third-order valence-corrected chi connectivity index (χ3v) is 3.21. The van der Waals surface area contributed by atoms with E-state index < -0.39 is 0 Å². The van der Waals surface area contributed by atoms with Crippen molar-refractivity contribution in [3.8, 4) is 0 Å². The minimum atomic E-state index is 0.509. The molecule has 3 rings (SSSR count). The number of nitrogens with two attached hydrogens (primary N) is 1. The van der Waals surface area contributed by atoms with Gasteiger partial charge >= 0.3 is 0 Å². The largest absolute Gasteiger partial charge is 0.399 e. The summed E-state index contributed by atoms with van der Waals surface area (Å²) < 4.78 is 2.00. The van der Waals surface area contributed by atoms with Crippen molar-refractivity contribution in [1.82, 2.24) is 14.8 Å². The standard InChI is InChI=1S/C12H14N4/c1-16-7-14-15-12(16)11-6-10(11)8-3-2-4-9(13)5-8/h2-5,7,10-11H,6,13H2,1H3/t10-,11-/m1/s1. The van der Waals surface area contributed by atoms with Gasteiger partial charge in [0.05, 0.1) is 0 Å². The fourth-order valence-electron chi connectivity index (χ4n) is 2.27. The molecule has 1 saturated carbocycles. The number of nitrogens with zero attached hydrogens (tertiary/aromatic N) is 3. The van der Waals surface area contributed by atoms with Gasteiger partial charge in [0, 0.05) is 18.7 Å². The summed E-state index contributed by atoms with van der Waals surface area (Å²) in [5.41, 5.74) is 7.93. The summed E-state index contributed by atoms with van der Waals surface area (Å²) in [5, 5.41) is 8.07. The topological polar surface area (TPSA) is 56.7 Å². The monoisotopic (exact) mass is 214 g/mol. The Morgan fingerprint density at radius 2 is 2.25 bits per heavy atom. The van der Waals surface area contributed by atoms with Crippen molar-refractivity contribution in [2.45, 2.75) is 18.3 Å². The Morgan fingerprint density at radius 1 is 1.38 bits per heavy atom. The number of benzene rings is 1. The predicted molar refractivity (Wildman–Crippen MR) is 62.0 cm³/mol. The van der Waals surface area contributed by atoms with Crippen molar-refractivity contribution >= 4 is 5.69 Å². The fourth-order valence-corrected chi connectivity index (χ4v) is 2.27. The van der Waals surface area contributed by atoms with Crippen LogP contribution in [0, 0.1) is 0 Å². The number of aromatic nitrogens is 3. The lowest BCUT2D eigenvalue weighted by Crippen LogP contribution is -1.96. The molecule has 1 aromatic heterocycles. The number of aryl methyl sites for hydroxylation is 1. The molecule has 1 heterocycles. The Morgan fingerprint density at radius 3 is 2.94 bits per heavy atom. The summed E-state index contributed by atoms with van der Waals surface area (Å²) in [6.45, 7) is 0. The van der Waals surface area contributed by atoms with E-state index in [1.807, 2.05) is 23.7 Å². The molecule has 0 aliphatic heterocycles. The number of hydrogen-bond donors (Lipinski definition) is 1. The lowest BCUT2D eigenvalue weighted by Gasteiger charge is -2.01. The van der Waals surface area contributed by atoms with Gasteiger partial charge in [-0.2, -0.15) is 0 Å². The van der Waals surface area contributed by atoms with Crippen LogP contribution in [0.3, 0.4) is 0 Å². The van der Waals surface area contributed by atoms with Crippen LogP contribution in [-0.4, -0.2) is 14.8 Å². The predicted octanol–water partition coefficient (Wildman–Crippen LogP) is 1.67. The van der Waals surface area contributed by atoms with E-state index in [1.54, 1.807) is 6.33 Å². The average Bonchev–Trinajstić information content (AvgIpc) is 2.95. The Kier molecular flexibility index (Phi) is 1.96. The first kappa shape index (κ1) is 9.39. The molecule has 0 saturated heterocycles. The van der Waals surface area contributed by atoms with Gasteiger partial charge in [0.25, 0.3) is 0 Å². The van der Waals surface area contributed by atoms with Gasteiger partial charge in [-0.15, -0.1) is 10.2 Å². The van der Waals surface area contributed by atoms with Gasteiger partial charge in [-0.05, 0) is 30.0 Å². The van der Waals surface area contributed by atoms with Crippen LogP contribution in [0.2, 0.25) is 0 Å². The van der Waals surface area contributed by atoms with E-state index in [2.05, 4.69) is 22.3 Å². The second-order valence-electron chi connectivity index (χ2n) is 4.42. The van der Waals surface area contributed by atoms with Crippen LogP contribution in [0.1, 0.15) is 29.6 Å². The lowest BCUT2D eigenvalue weighted by atomic mass is 10.1. The van der Waals surface area contributed by atoms with Gasteiger partial charge in [0.15, 0.2) is 0 Å². The summed E-state index contributed by atoms with van der Waals surface area (Å²) in [5.74, 6) is 2.15. The van der Waals surface area contributed by atoms with E-state index in [9.17, 15) is 0 Å². The molecule has 1 aliphatic rings. The molecule has 0 spiro atoms. The van der Waals surface area contributed by atoms with Crippen molar-refractivity contribution in [3.63, 3.8) is 0 Å². The Hall–Kier alpha value is -1.84. The Balaban J connectivity index is 1.84. The molecule has 1 fully saturated rings. The molecule has 0 bridgehead atoms. The van der Waals surface area contributed by atoms with Crippen molar-refractivity contribution in [1.29, 1.82) is 0 Å². The summed E-state index contributed by atoms with van der Waals surface area (Å²) in [4.78, 5) is 0. The third kappa shape index (κ3) is 1.46. The molecule has 82 valence electrons. The van der Waals surface area contributed by atoms with Gasteiger partial charge in [-0.1, -0.05) is 12.1 Å². The van der Waals surface area contributed by atoms with Gasteiger partial charge in [0.2, 0.25) is 0 Å². The van der Waals surface area contributed by atoms with Crippen LogP contribution in [0.4, 0.5) is 5.69 Å². The second kappa shape index (κ2) is 3.33. The molecular weight excluding hydrogens is 200 g/mol. The highest BCUT2D eigenvalue weighted by atomic mass is 15.3. The fraction of sp³-hybridized carbons (Fsp3) is 0.333. The molecule has 2 aromatic rings. The van der Waals surface area contributed by atoms with E-state index in [1.165, 1.54) is 5.56 Å². The molecule has 2 N–H and O–H groups in total. The molecule has 4 heteroatoms. The highest BCUT2D eigenvalue weighted by Crippen LogP contribution is 2.53. The number of rotatable bonds is 2. The molecule has 2 atom stereocenters. The molecule has 1 aliphatic carbocycles. The van der Waals surface area contributed by atoms with Gasteiger partial charge in [0.1, 0.15) is 12.2 Å². The van der Waals surface area contributed by atoms with Gasteiger partial charge in [-0.25, -0.2) is 0 Å². The van der Waals surface area contributed by atoms with Crippen LogP contribution >= 0.6 is 0 Å². The van der Waals surface area contributed by atoms with Crippen LogP contribution in [0.25, 0.3) is 0 Å². The number of hydrogen-bond acceptors (Lipinski definition) is 3. The first-order chi connectivity index (χ1) is 7.75. The highest BCUT2D eigenvalue weighted by Gasteiger charge is 2.42. The Labute approximate surface area is 94.1 Å². The normalized spacial score (nSPS) is 23.3. The quantitative estimate of drug-likeness (QED) is 0.774. The molecular formula is C12H14N4. The zero-order valence-electron chi connectivity index (χ0n) is 9.17. The van der Waals surface area contributed by atoms with E-state index in [-0.39, 0.29) is 0 Å². The minimum Gasteiger partial charge on any atom is -0.399 e. The molecule has 16 heavy (non-hydrogen) atoms. The summed E-state index contributed by atoms with van der Waals surface area (Å²) in [7, 11) is 1.99. The SMILES string of the molecule is Cn1cnnc1[C@@H]1C[C@@H]1c1cccc(N)c1. The summed E-state index contributed by atoms with van der Waals surface area (Å²) >= 11 is 0. The van der Waals surface area contributed by atoms with Crippen LogP contribution in [-0.2, 0) is 7.05 Å². The smallest absolute Gasteiger partial charge is 0.136 e. The van der Waals surface area contributed by atoms with Gasteiger partial charge < -0.3 is 10.3 Å².